The van der Waals surface area contributed by atoms with Crippen LogP contribution in [0.1, 0.15) is 36.1 Å². The molecule has 0 saturated carbocycles. The second-order valence-corrected chi connectivity index (χ2v) is 9.66. The smallest absolute Gasteiger partial charge is 0.269 e. The molecule has 0 amide bonds. The number of halogens is 1. The first kappa shape index (κ1) is 20.9. The Morgan fingerprint density at radius 2 is 1.79 bits per heavy atom. The van der Waals surface area contributed by atoms with Gasteiger partial charge in [-0.1, -0.05) is 52.3 Å². The fourth-order valence-corrected chi connectivity index (χ4v) is 5.28. The molecule has 0 fully saturated rings. The average molecular weight is 514 g/mol. The molecule has 7 heteroatoms. The summed E-state index contributed by atoms with van der Waals surface area (Å²) in [6, 6.07) is 27.2. The van der Waals surface area contributed by atoms with Gasteiger partial charge in [0.15, 0.2) is 0 Å². The van der Waals surface area contributed by atoms with Gasteiger partial charge in [0.2, 0.25) is 5.72 Å². The molecule has 6 rings (SSSR count). The van der Waals surface area contributed by atoms with Crippen molar-refractivity contribution in [2.45, 2.75) is 25.1 Å². The first-order chi connectivity index (χ1) is 16.4. The van der Waals surface area contributed by atoms with E-state index in [1.54, 1.807) is 12.1 Å². The zero-order valence-electron chi connectivity index (χ0n) is 18.3. The van der Waals surface area contributed by atoms with Gasteiger partial charge in [-0.2, -0.15) is 5.10 Å². The van der Waals surface area contributed by atoms with Crippen LogP contribution in [0, 0.1) is 10.1 Å². The van der Waals surface area contributed by atoms with E-state index in [2.05, 4.69) is 52.3 Å². The lowest BCUT2D eigenvalue weighted by Crippen LogP contribution is -2.48. The van der Waals surface area contributed by atoms with Gasteiger partial charge in [-0.15, -0.1) is 0 Å². The molecule has 168 valence electrons. The quantitative estimate of drug-likeness (QED) is 0.220. The highest BCUT2D eigenvalue weighted by molar-refractivity contribution is 9.10. The molecule has 0 N–H and O–H groups in total. The van der Waals surface area contributed by atoms with E-state index in [9.17, 15) is 10.1 Å². The van der Waals surface area contributed by atoms with Crippen LogP contribution in [-0.2, 0) is 5.72 Å². The molecule has 6 nitrogen and oxygen atoms in total. The van der Waals surface area contributed by atoms with Gasteiger partial charge in [0, 0.05) is 41.1 Å². The van der Waals surface area contributed by atoms with Crippen molar-refractivity contribution in [1.29, 1.82) is 0 Å². The predicted molar refractivity (Wildman–Crippen MR) is 135 cm³/mol. The second kappa shape index (κ2) is 7.67. The SMILES string of the molecule is C[C@]1(c2ccc([N+](=O)[O-])cc2)Oc2ccc(Br)cc2[C@H]2CC(c3ccc4ccccc4c3)=NN21. The topological polar surface area (TPSA) is 68.0 Å². The normalized spacial score (nSPS) is 20.9. The number of ether oxygens (including phenoxy) is 1. The van der Waals surface area contributed by atoms with Crippen LogP contribution in [0.15, 0.2) is 94.5 Å². The minimum absolute atomic E-state index is 0.0251. The van der Waals surface area contributed by atoms with Crippen LogP contribution in [0.2, 0.25) is 0 Å². The van der Waals surface area contributed by atoms with E-state index in [-0.39, 0.29) is 11.7 Å². The highest BCUT2D eigenvalue weighted by Gasteiger charge is 2.49. The monoisotopic (exact) mass is 513 g/mol. The molecule has 2 aliphatic heterocycles. The van der Waals surface area contributed by atoms with Gasteiger partial charge in [-0.05, 0) is 52.7 Å². The van der Waals surface area contributed by atoms with Crippen molar-refractivity contribution in [3.8, 4) is 5.75 Å². The standard InChI is InChI=1S/C27H20BrN3O3/c1-27(20-8-11-22(12-9-20)31(32)33)30-25(23-15-21(28)10-13-26(23)34-27)16-24(29-30)19-7-6-17-4-2-3-5-18(17)14-19/h2-15,25H,16H2,1H3/t25-,27-/m1/s1. The molecule has 0 aliphatic carbocycles. The number of rotatable bonds is 3. The maximum absolute atomic E-state index is 11.2. The van der Waals surface area contributed by atoms with Crippen molar-refractivity contribution >= 4 is 38.1 Å². The minimum Gasteiger partial charge on any atom is -0.462 e. The molecular weight excluding hydrogens is 494 g/mol. The van der Waals surface area contributed by atoms with Crippen LogP contribution in [-0.4, -0.2) is 15.6 Å². The maximum Gasteiger partial charge on any atom is 0.269 e. The fraction of sp³-hybridized carbons (Fsp3) is 0.148. The third-order valence-electron chi connectivity index (χ3n) is 6.68. The maximum atomic E-state index is 11.2. The Labute approximate surface area is 204 Å². The Bertz CT molecular complexity index is 1480. The molecule has 34 heavy (non-hydrogen) atoms. The number of hydrogen-bond acceptors (Lipinski definition) is 5. The van der Waals surface area contributed by atoms with E-state index >= 15 is 0 Å². The third-order valence-corrected chi connectivity index (χ3v) is 7.18. The number of nitrogens with zero attached hydrogens (tertiary/aromatic N) is 3. The molecule has 2 aliphatic rings. The summed E-state index contributed by atoms with van der Waals surface area (Å²) < 4.78 is 7.54. The number of nitro groups is 1. The molecule has 0 saturated heterocycles. The minimum atomic E-state index is -0.917. The largest absolute Gasteiger partial charge is 0.462 e. The van der Waals surface area contributed by atoms with Crippen LogP contribution in [0.5, 0.6) is 5.75 Å². The van der Waals surface area contributed by atoms with Crippen molar-refractivity contribution in [1.82, 2.24) is 5.01 Å². The summed E-state index contributed by atoms with van der Waals surface area (Å²) in [7, 11) is 0. The third kappa shape index (κ3) is 3.27. The van der Waals surface area contributed by atoms with Gasteiger partial charge in [0.25, 0.3) is 5.69 Å². The van der Waals surface area contributed by atoms with Crippen molar-refractivity contribution < 1.29 is 9.66 Å². The number of fused-ring (bicyclic) bond motifs is 4. The van der Waals surface area contributed by atoms with Crippen LogP contribution >= 0.6 is 15.9 Å². The summed E-state index contributed by atoms with van der Waals surface area (Å²) in [5, 5.41) is 20.6. The van der Waals surface area contributed by atoms with Crippen molar-refractivity contribution in [2.24, 2.45) is 5.10 Å². The van der Waals surface area contributed by atoms with E-state index < -0.39 is 10.6 Å². The van der Waals surface area contributed by atoms with Gasteiger partial charge in [0.1, 0.15) is 5.75 Å². The number of hydrazone groups is 1. The Balaban J connectivity index is 1.48. The van der Waals surface area contributed by atoms with E-state index in [4.69, 9.17) is 9.84 Å². The van der Waals surface area contributed by atoms with Crippen molar-refractivity contribution in [3.63, 3.8) is 0 Å². The molecule has 0 bridgehead atoms. The first-order valence-electron chi connectivity index (χ1n) is 11.0. The number of nitro benzene ring substituents is 1. The first-order valence-corrected chi connectivity index (χ1v) is 11.8. The Kier molecular flexibility index (Phi) is 4.71. The Morgan fingerprint density at radius 1 is 1.03 bits per heavy atom. The van der Waals surface area contributed by atoms with Crippen LogP contribution in [0.25, 0.3) is 10.8 Å². The Hall–Kier alpha value is -3.71. The van der Waals surface area contributed by atoms with Crippen molar-refractivity contribution in [2.75, 3.05) is 0 Å². The molecule has 0 spiro atoms. The van der Waals surface area contributed by atoms with Crippen LogP contribution in [0.4, 0.5) is 5.69 Å². The summed E-state index contributed by atoms with van der Waals surface area (Å²) in [5.74, 6) is 0.792. The summed E-state index contributed by atoms with van der Waals surface area (Å²) >= 11 is 3.59. The van der Waals surface area contributed by atoms with Gasteiger partial charge in [-0.25, -0.2) is 5.01 Å². The molecular formula is C27H20BrN3O3. The lowest BCUT2D eigenvalue weighted by molar-refractivity contribution is -0.384. The Morgan fingerprint density at radius 3 is 2.56 bits per heavy atom. The zero-order chi connectivity index (χ0) is 23.4. The summed E-state index contributed by atoms with van der Waals surface area (Å²) in [6.07, 6.45) is 0.730. The molecule has 0 unspecified atom stereocenters. The molecule has 2 heterocycles. The van der Waals surface area contributed by atoms with E-state index in [1.165, 1.54) is 22.9 Å². The highest BCUT2D eigenvalue weighted by Crippen LogP contribution is 2.51. The molecule has 4 aromatic carbocycles. The summed E-state index contributed by atoms with van der Waals surface area (Å²) in [5.41, 5.74) is 3.06. The lowest BCUT2D eigenvalue weighted by atomic mass is 9.92. The molecule has 4 aromatic rings. The second-order valence-electron chi connectivity index (χ2n) is 8.74. The van der Waals surface area contributed by atoms with Gasteiger partial charge in [-0.3, -0.25) is 10.1 Å². The molecule has 0 aromatic heterocycles. The molecule has 0 radical (unpaired) electrons. The number of hydrogen-bond donors (Lipinski definition) is 0. The predicted octanol–water partition coefficient (Wildman–Crippen LogP) is 6.93. The lowest BCUT2D eigenvalue weighted by Gasteiger charge is -2.46. The molecule has 2 atom stereocenters. The van der Waals surface area contributed by atoms with Gasteiger partial charge < -0.3 is 4.74 Å². The summed E-state index contributed by atoms with van der Waals surface area (Å²) in [6.45, 7) is 1.97. The van der Waals surface area contributed by atoms with E-state index in [0.717, 1.165) is 39.0 Å². The van der Waals surface area contributed by atoms with Crippen LogP contribution in [0.3, 0.4) is 0 Å². The number of benzene rings is 4. The van der Waals surface area contributed by atoms with Crippen LogP contribution < -0.4 is 4.74 Å². The van der Waals surface area contributed by atoms with E-state index in [1.807, 2.05) is 36.2 Å². The highest BCUT2D eigenvalue weighted by atomic mass is 79.9. The van der Waals surface area contributed by atoms with Gasteiger partial charge in [0.05, 0.1) is 16.7 Å². The fourth-order valence-electron chi connectivity index (χ4n) is 4.91. The average Bonchev–Trinajstić information content (AvgIpc) is 3.31. The van der Waals surface area contributed by atoms with Crippen molar-refractivity contribution in [3.05, 3.63) is 116 Å². The van der Waals surface area contributed by atoms with Gasteiger partial charge >= 0.3 is 0 Å². The summed E-state index contributed by atoms with van der Waals surface area (Å²) in [4.78, 5) is 10.8. The van der Waals surface area contributed by atoms with E-state index in [0.29, 0.717) is 0 Å². The number of non-ortho nitro benzene ring substituents is 1. The zero-order valence-corrected chi connectivity index (χ0v) is 19.9.